The molecule has 162 valence electrons. The first-order valence-electron chi connectivity index (χ1n) is 9.66. The number of aromatic nitrogens is 3. The first kappa shape index (κ1) is 21.9. The summed E-state index contributed by atoms with van der Waals surface area (Å²) in [5.74, 6) is 0.403. The van der Waals surface area contributed by atoms with Crippen molar-refractivity contribution in [2.75, 3.05) is 18.2 Å². The molecule has 6 nitrogen and oxygen atoms in total. The van der Waals surface area contributed by atoms with Gasteiger partial charge in [0.15, 0.2) is 0 Å². The van der Waals surface area contributed by atoms with E-state index in [1.54, 1.807) is 18.4 Å². The van der Waals surface area contributed by atoms with E-state index in [9.17, 15) is 9.18 Å². The smallest absolute Gasteiger partial charge is 0.234 e. The standard InChI is InChI=1S/C23H19FN4O2S2/c1-14-22(32-23(25-14)15-4-3-5-18(12-15)30-2)19-10-11-21(28-27-19)31-13-20(29)26-17-8-6-16(24)7-9-17/h3-12H,13H2,1-2H3,(H,26,29). The number of thioether (sulfide) groups is 1. The number of ether oxygens (including phenoxy) is 1. The maximum atomic E-state index is 13.0. The maximum absolute atomic E-state index is 13.0. The number of hydrogen-bond donors (Lipinski definition) is 1. The van der Waals surface area contributed by atoms with Gasteiger partial charge >= 0.3 is 0 Å². The van der Waals surface area contributed by atoms with Crippen LogP contribution in [0.3, 0.4) is 0 Å². The number of nitrogens with zero attached hydrogens (tertiary/aromatic N) is 3. The molecule has 0 fully saturated rings. The summed E-state index contributed by atoms with van der Waals surface area (Å²) in [4.78, 5) is 17.7. The number of rotatable bonds is 7. The Balaban J connectivity index is 1.40. The van der Waals surface area contributed by atoms with Gasteiger partial charge in [-0.1, -0.05) is 23.9 Å². The van der Waals surface area contributed by atoms with Crippen LogP contribution in [-0.4, -0.2) is 34.0 Å². The summed E-state index contributed by atoms with van der Waals surface area (Å²) in [7, 11) is 1.64. The predicted molar refractivity (Wildman–Crippen MR) is 126 cm³/mol. The second-order valence-corrected chi connectivity index (χ2v) is 8.76. The lowest BCUT2D eigenvalue weighted by molar-refractivity contribution is -0.113. The molecule has 0 spiro atoms. The molecule has 9 heteroatoms. The molecule has 0 unspecified atom stereocenters. The highest BCUT2D eigenvalue weighted by atomic mass is 32.2. The fourth-order valence-corrected chi connectivity index (χ4v) is 4.54. The molecule has 2 aromatic carbocycles. The van der Waals surface area contributed by atoms with Crippen LogP contribution in [0, 0.1) is 12.7 Å². The Morgan fingerprint density at radius 2 is 1.94 bits per heavy atom. The van der Waals surface area contributed by atoms with Gasteiger partial charge in [-0.25, -0.2) is 9.37 Å². The quantitative estimate of drug-likeness (QED) is 0.365. The fraction of sp³-hybridized carbons (Fsp3) is 0.130. The van der Waals surface area contributed by atoms with E-state index < -0.39 is 0 Å². The lowest BCUT2D eigenvalue weighted by atomic mass is 10.2. The van der Waals surface area contributed by atoms with Crippen molar-refractivity contribution in [1.29, 1.82) is 0 Å². The van der Waals surface area contributed by atoms with Crippen molar-refractivity contribution in [2.45, 2.75) is 11.9 Å². The molecule has 32 heavy (non-hydrogen) atoms. The summed E-state index contributed by atoms with van der Waals surface area (Å²) in [5, 5.41) is 12.8. The van der Waals surface area contributed by atoms with Gasteiger partial charge in [-0.05, 0) is 55.5 Å². The van der Waals surface area contributed by atoms with Crippen LogP contribution < -0.4 is 10.1 Å². The average Bonchev–Trinajstić information content (AvgIpc) is 3.21. The summed E-state index contributed by atoms with van der Waals surface area (Å²) in [6.45, 7) is 1.94. The molecule has 2 aromatic heterocycles. The van der Waals surface area contributed by atoms with Crippen LogP contribution in [0.1, 0.15) is 5.69 Å². The second-order valence-electron chi connectivity index (χ2n) is 6.77. The number of amides is 1. The molecule has 0 atom stereocenters. The average molecular weight is 467 g/mol. The first-order chi connectivity index (χ1) is 15.5. The highest BCUT2D eigenvalue weighted by Crippen LogP contribution is 2.35. The van der Waals surface area contributed by atoms with Crippen molar-refractivity contribution in [3.63, 3.8) is 0 Å². The van der Waals surface area contributed by atoms with Crippen molar-refractivity contribution in [1.82, 2.24) is 15.2 Å². The van der Waals surface area contributed by atoms with E-state index in [4.69, 9.17) is 4.74 Å². The molecule has 0 aliphatic heterocycles. The van der Waals surface area contributed by atoms with Crippen LogP contribution in [0.15, 0.2) is 65.7 Å². The van der Waals surface area contributed by atoms with E-state index in [0.29, 0.717) is 10.7 Å². The van der Waals surface area contributed by atoms with E-state index in [-0.39, 0.29) is 17.5 Å². The Hall–Kier alpha value is -3.30. The van der Waals surface area contributed by atoms with Crippen molar-refractivity contribution in [3.8, 4) is 26.9 Å². The van der Waals surface area contributed by atoms with E-state index in [0.717, 1.165) is 32.6 Å². The number of hydrogen-bond acceptors (Lipinski definition) is 7. The molecule has 4 aromatic rings. The highest BCUT2D eigenvalue weighted by Gasteiger charge is 2.14. The topological polar surface area (TPSA) is 77.0 Å². The summed E-state index contributed by atoms with van der Waals surface area (Å²) in [6, 6.07) is 17.1. The zero-order valence-electron chi connectivity index (χ0n) is 17.3. The van der Waals surface area contributed by atoms with Gasteiger partial charge in [0, 0.05) is 11.3 Å². The number of halogens is 1. The number of carbonyl (C=O) groups excluding carboxylic acids is 1. The van der Waals surface area contributed by atoms with Gasteiger partial charge in [0.2, 0.25) is 5.91 Å². The van der Waals surface area contributed by atoms with Crippen LogP contribution in [0.25, 0.3) is 21.1 Å². The van der Waals surface area contributed by atoms with Crippen LogP contribution >= 0.6 is 23.1 Å². The molecule has 0 aliphatic carbocycles. The van der Waals surface area contributed by atoms with Crippen LogP contribution in [0.4, 0.5) is 10.1 Å². The Morgan fingerprint density at radius 3 is 2.66 bits per heavy atom. The first-order valence-corrected chi connectivity index (χ1v) is 11.5. The monoisotopic (exact) mass is 466 g/mol. The van der Waals surface area contributed by atoms with E-state index in [2.05, 4.69) is 20.5 Å². The molecule has 1 amide bonds. The molecule has 0 bridgehead atoms. The minimum atomic E-state index is -0.348. The number of aryl methyl sites for hydroxylation is 1. The molecular formula is C23H19FN4O2S2. The summed E-state index contributed by atoms with van der Waals surface area (Å²) < 4.78 is 18.2. The summed E-state index contributed by atoms with van der Waals surface area (Å²) in [6.07, 6.45) is 0. The zero-order chi connectivity index (χ0) is 22.5. The fourth-order valence-electron chi connectivity index (χ4n) is 2.90. The minimum absolute atomic E-state index is 0.172. The normalized spacial score (nSPS) is 10.7. The van der Waals surface area contributed by atoms with Crippen molar-refractivity contribution in [2.24, 2.45) is 0 Å². The second kappa shape index (κ2) is 9.88. The number of nitrogens with one attached hydrogen (secondary N) is 1. The van der Waals surface area contributed by atoms with Gasteiger partial charge < -0.3 is 10.1 Å². The molecule has 1 N–H and O–H groups in total. The lowest BCUT2D eigenvalue weighted by Gasteiger charge is -2.05. The van der Waals surface area contributed by atoms with Crippen molar-refractivity contribution < 1.29 is 13.9 Å². The van der Waals surface area contributed by atoms with E-state index in [1.807, 2.05) is 43.3 Å². The van der Waals surface area contributed by atoms with E-state index >= 15 is 0 Å². The minimum Gasteiger partial charge on any atom is -0.497 e. The zero-order valence-corrected chi connectivity index (χ0v) is 19.0. The van der Waals surface area contributed by atoms with Gasteiger partial charge in [-0.3, -0.25) is 4.79 Å². The van der Waals surface area contributed by atoms with Crippen LogP contribution in [-0.2, 0) is 4.79 Å². The van der Waals surface area contributed by atoms with Gasteiger partial charge in [-0.2, -0.15) is 0 Å². The Kier molecular flexibility index (Phi) is 6.77. The number of anilines is 1. The lowest BCUT2D eigenvalue weighted by Crippen LogP contribution is -2.14. The maximum Gasteiger partial charge on any atom is 0.234 e. The molecule has 0 saturated heterocycles. The molecule has 2 heterocycles. The number of methoxy groups -OCH3 is 1. The molecule has 0 saturated carbocycles. The summed E-state index contributed by atoms with van der Waals surface area (Å²) in [5.41, 5.74) is 3.14. The summed E-state index contributed by atoms with van der Waals surface area (Å²) >= 11 is 2.82. The van der Waals surface area contributed by atoms with Gasteiger partial charge in [0.1, 0.15) is 27.3 Å². The third-order valence-electron chi connectivity index (χ3n) is 4.47. The molecule has 4 rings (SSSR count). The Morgan fingerprint density at radius 1 is 1.12 bits per heavy atom. The van der Waals surface area contributed by atoms with Crippen molar-refractivity contribution >= 4 is 34.7 Å². The van der Waals surface area contributed by atoms with Crippen molar-refractivity contribution in [3.05, 3.63) is 72.2 Å². The van der Waals surface area contributed by atoms with Gasteiger partial charge in [-0.15, -0.1) is 21.5 Å². The molecule has 0 radical (unpaired) electrons. The molecular weight excluding hydrogens is 447 g/mol. The number of carbonyl (C=O) groups is 1. The Bertz CT molecular complexity index is 1230. The predicted octanol–water partition coefficient (Wildman–Crippen LogP) is 5.45. The third-order valence-corrected chi connectivity index (χ3v) is 6.61. The van der Waals surface area contributed by atoms with Gasteiger partial charge in [0.05, 0.1) is 23.4 Å². The highest BCUT2D eigenvalue weighted by molar-refractivity contribution is 7.99. The van der Waals surface area contributed by atoms with Gasteiger partial charge in [0.25, 0.3) is 0 Å². The van der Waals surface area contributed by atoms with Crippen LogP contribution in [0.2, 0.25) is 0 Å². The van der Waals surface area contributed by atoms with E-state index in [1.165, 1.54) is 36.0 Å². The van der Waals surface area contributed by atoms with Crippen LogP contribution in [0.5, 0.6) is 5.75 Å². The largest absolute Gasteiger partial charge is 0.497 e. The number of thiazole rings is 1. The SMILES string of the molecule is COc1cccc(-c2nc(C)c(-c3ccc(SCC(=O)Nc4ccc(F)cc4)nn3)s2)c1. The number of benzene rings is 2. The molecule has 0 aliphatic rings. The third kappa shape index (κ3) is 5.30. The Labute approximate surface area is 192 Å².